The first kappa shape index (κ1) is 33.2. The van der Waals surface area contributed by atoms with Gasteiger partial charge in [-0.3, -0.25) is 14.4 Å². The van der Waals surface area contributed by atoms with Gasteiger partial charge in [0.25, 0.3) is 5.91 Å². The first-order chi connectivity index (χ1) is 21.6. The van der Waals surface area contributed by atoms with Crippen LogP contribution < -0.4 is 15.4 Å². The molecule has 1 saturated heterocycles. The van der Waals surface area contributed by atoms with Crippen molar-refractivity contribution in [2.45, 2.75) is 71.6 Å². The van der Waals surface area contributed by atoms with Crippen LogP contribution in [0.15, 0.2) is 84.9 Å². The number of para-hydroxylation sites is 2. The highest BCUT2D eigenvalue weighted by atomic mass is 16.6. The fourth-order valence-electron chi connectivity index (χ4n) is 5.37. The summed E-state index contributed by atoms with van der Waals surface area (Å²) in [5.41, 5.74) is 1.09. The number of likely N-dealkylation sites (tertiary alicyclic amines) is 1. The lowest BCUT2D eigenvalue weighted by Crippen LogP contribution is -2.49. The van der Waals surface area contributed by atoms with Crippen LogP contribution in [0.5, 0.6) is 11.5 Å². The third-order valence-corrected chi connectivity index (χ3v) is 8.07. The van der Waals surface area contributed by atoms with Crippen LogP contribution in [-0.4, -0.2) is 53.8 Å². The van der Waals surface area contributed by atoms with Gasteiger partial charge in [-0.25, -0.2) is 4.79 Å². The van der Waals surface area contributed by atoms with Crippen LogP contribution in [-0.2, 0) is 25.5 Å². The Morgan fingerprint density at radius 2 is 1.56 bits per heavy atom. The monoisotopic (exact) mass is 613 g/mol. The normalized spacial score (nSPS) is 16.7. The van der Waals surface area contributed by atoms with Crippen LogP contribution in [0.4, 0.5) is 4.79 Å². The number of hydrogen-bond acceptors (Lipinski definition) is 6. The fourth-order valence-corrected chi connectivity index (χ4v) is 5.37. The van der Waals surface area contributed by atoms with E-state index in [2.05, 4.69) is 10.6 Å². The van der Waals surface area contributed by atoms with Crippen molar-refractivity contribution < 1.29 is 28.7 Å². The molecule has 238 valence electrons. The first-order valence-corrected chi connectivity index (χ1v) is 15.5. The molecule has 9 nitrogen and oxygen atoms in total. The molecule has 3 atom stereocenters. The highest BCUT2D eigenvalue weighted by Crippen LogP contribution is 2.33. The molecule has 9 heteroatoms. The number of carbonyl (C=O) groups is 4. The number of nitrogens with zero attached hydrogens (tertiary/aromatic N) is 1. The number of rotatable bonds is 13. The van der Waals surface area contributed by atoms with Crippen molar-refractivity contribution >= 4 is 23.7 Å². The molecule has 4 rings (SSSR count). The van der Waals surface area contributed by atoms with Crippen LogP contribution in [0.1, 0.15) is 64.1 Å². The van der Waals surface area contributed by atoms with Gasteiger partial charge in [-0.1, -0.05) is 100 Å². The van der Waals surface area contributed by atoms with Crippen LogP contribution in [0.2, 0.25) is 0 Å². The number of hydrogen-bond donors (Lipinski definition) is 2. The van der Waals surface area contributed by atoms with Crippen molar-refractivity contribution in [2.75, 3.05) is 13.1 Å². The molecule has 3 aromatic carbocycles. The van der Waals surface area contributed by atoms with Gasteiger partial charge in [-0.05, 0) is 37.1 Å². The van der Waals surface area contributed by atoms with E-state index >= 15 is 0 Å². The molecule has 45 heavy (non-hydrogen) atoms. The van der Waals surface area contributed by atoms with Gasteiger partial charge >= 0.3 is 6.09 Å². The number of carbonyl (C=O) groups excluding carboxylic acids is 4. The van der Waals surface area contributed by atoms with E-state index in [1.54, 1.807) is 11.8 Å². The number of amides is 3. The Morgan fingerprint density at radius 3 is 2.24 bits per heavy atom. The Bertz CT molecular complexity index is 1460. The Morgan fingerprint density at radius 1 is 0.911 bits per heavy atom. The lowest BCUT2D eigenvalue weighted by molar-refractivity contribution is -0.139. The van der Waals surface area contributed by atoms with Crippen LogP contribution in [0.25, 0.3) is 0 Å². The van der Waals surface area contributed by atoms with Gasteiger partial charge in [-0.2, -0.15) is 0 Å². The molecule has 0 bridgehead atoms. The number of Topliss-reactive ketones (excluding diaryl/α,β-unsaturated/α-hetero) is 1. The molecular weight excluding hydrogens is 570 g/mol. The zero-order valence-corrected chi connectivity index (χ0v) is 26.5. The van der Waals surface area contributed by atoms with Crippen LogP contribution in [0.3, 0.4) is 0 Å². The predicted octanol–water partition coefficient (Wildman–Crippen LogP) is 5.99. The first-order valence-electron chi connectivity index (χ1n) is 15.5. The third kappa shape index (κ3) is 9.17. The zero-order chi connectivity index (χ0) is 32.4. The lowest BCUT2D eigenvalue weighted by atomic mass is 9.90. The van der Waals surface area contributed by atoms with Crippen LogP contribution >= 0.6 is 0 Å². The summed E-state index contributed by atoms with van der Waals surface area (Å²) in [6.45, 7) is 8.24. The molecule has 0 saturated carbocycles. The van der Waals surface area contributed by atoms with Crippen molar-refractivity contribution in [3.63, 3.8) is 0 Å². The topological polar surface area (TPSA) is 114 Å². The highest BCUT2D eigenvalue weighted by Gasteiger charge is 2.44. The van der Waals surface area contributed by atoms with Gasteiger partial charge < -0.3 is 25.0 Å². The second-order valence-electron chi connectivity index (χ2n) is 12.2. The molecule has 0 aliphatic carbocycles. The van der Waals surface area contributed by atoms with E-state index in [0.29, 0.717) is 30.9 Å². The smallest absolute Gasteiger partial charge is 0.408 e. The number of unbranched alkanes of at least 4 members (excludes halogenated alkanes) is 1. The molecule has 1 heterocycles. The molecular formula is C36H43N3O6. The summed E-state index contributed by atoms with van der Waals surface area (Å²) in [4.78, 5) is 54.2. The zero-order valence-electron chi connectivity index (χ0n) is 26.5. The third-order valence-electron chi connectivity index (χ3n) is 8.07. The van der Waals surface area contributed by atoms with Gasteiger partial charge in [0.15, 0.2) is 0 Å². The maximum Gasteiger partial charge on any atom is 0.408 e. The Balaban J connectivity index is 1.35. The van der Waals surface area contributed by atoms with Gasteiger partial charge in [0, 0.05) is 17.5 Å². The summed E-state index contributed by atoms with van der Waals surface area (Å²) in [6.07, 6.45) is 0.469. The highest BCUT2D eigenvalue weighted by molar-refractivity contribution is 6.38. The van der Waals surface area contributed by atoms with E-state index < -0.39 is 35.3 Å². The van der Waals surface area contributed by atoms with E-state index in [4.69, 9.17) is 9.47 Å². The van der Waals surface area contributed by atoms with E-state index in [-0.39, 0.29) is 24.9 Å². The maximum absolute atomic E-state index is 13.4. The fraction of sp³-hybridized carbons (Fsp3) is 0.389. The Labute approximate surface area is 265 Å². The van der Waals surface area contributed by atoms with Crippen molar-refractivity contribution in [3.8, 4) is 11.5 Å². The number of alkyl carbamates (subject to hydrolysis) is 1. The van der Waals surface area contributed by atoms with Gasteiger partial charge in [0.2, 0.25) is 11.7 Å². The number of benzene rings is 3. The second-order valence-corrected chi connectivity index (χ2v) is 12.2. The largest absolute Gasteiger partial charge is 0.457 e. The van der Waals surface area contributed by atoms with Gasteiger partial charge in [-0.15, -0.1) is 0 Å². The summed E-state index contributed by atoms with van der Waals surface area (Å²) >= 11 is 0. The molecule has 1 aliphatic heterocycles. The maximum atomic E-state index is 13.4. The minimum atomic E-state index is -1.02. The standard InChI is InChI=1S/C36H43N3O6/c1-5-6-20-29(33(41)34(42)37-25(2)26-15-9-7-10-16-26)38-35(43)45-31-23-39(24-36(31,3)4)32(40)22-27-17-13-14-21-30(27)44-28-18-11-8-12-19-28/h7-19,21,25,29,31H,5-6,20,22-24H2,1-4H3,(H,37,42)(H,38,43)/t25-,29+,31-/m1/s1. The molecule has 2 N–H and O–H groups in total. The van der Waals surface area contributed by atoms with E-state index in [9.17, 15) is 19.2 Å². The van der Waals surface area contributed by atoms with E-state index in [0.717, 1.165) is 17.5 Å². The van der Waals surface area contributed by atoms with Gasteiger partial charge in [0.1, 0.15) is 23.6 Å². The van der Waals surface area contributed by atoms with Crippen molar-refractivity contribution in [2.24, 2.45) is 5.41 Å². The molecule has 3 aromatic rings. The molecule has 0 radical (unpaired) electrons. The molecule has 0 spiro atoms. The summed E-state index contributed by atoms with van der Waals surface area (Å²) in [5.74, 6) is -0.311. The molecule has 1 aliphatic rings. The van der Waals surface area contributed by atoms with Crippen molar-refractivity contribution in [1.82, 2.24) is 15.5 Å². The minimum absolute atomic E-state index is 0.112. The average Bonchev–Trinajstić information content (AvgIpc) is 3.34. The van der Waals surface area contributed by atoms with E-state index in [1.165, 1.54) is 0 Å². The minimum Gasteiger partial charge on any atom is -0.457 e. The number of ketones is 1. The summed E-state index contributed by atoms with van der Waals surface area (Å²) in [7, 11) is 0. The van der Waals surface area contributed by atoms with Crippen LogP contribution in [0, 0.1) is 5.41 Å². The summed E-state index contributed by atoms with van der Waals surface area (Å²) in [6, 6.07) is 24.7. The summed E-state index contributed by atoms with van der Waals surface area (Å²) in [5, 5.41) is 5.37. The lowest BCUT2D eigenvalue weighted by Gasteiger charge is -2.26. The Kier molecular flexibility index (Phi) is 11.4. The Hall–Kier alpha value is -4.66. The SMILES string of the molecule is CCCC[C@H](NC(=O)O[C@@H]1CN(C(=O)Cc2ccccc2Oc2ccccc2)CC1(C)C)C(=O)C(=O)N[C@H](C)c1ccccc1. The van der Waals surface area contributed by atoms with E-state index in [1.807, 2.05) is 106 Å². The summed E-state index contributed by atoms with van der Waals surface area (Å²) < 4.78 is 11.8. The molecule has 0 unspecified atom stereocenters. The molecule has 3 amide bonds. The number of nitrogens with one attached hydrogen (secondary N) is 2. The number of ether oxygens (including phenoxy) is 2. The molecule has 1 fully saturated rings. The van der Waals surface area contributed by atoms with Crippen molar-refractivity contribution in [3.05, 3.63) is 96.1 Å². The van der Waals surface area contributed by atoms with Gasteiger partial charge in [0.05, 0.1) is 19.0 Å². The predicted molar refractivity (Wildman–Crippen MR) is 172 cm³/mol. The molecule has 0 aromatic heterocycles. The average molecular weight is 614 g/mol. The quantitative estimate of drug-likeness (QED) is 0.229. The second kappa shape index (κ2) is 15.4. The van der Waals surface area contributed by atoms with Crippen molar-refractivity contribution in [1.29, 1.82) is 0 Å².